The molecule has 0 aromatic carbocycles. The summed E-state index contributed by atoms with van der Waals surface area (Å²) in [6, 6.07) is 0. The Kier molecular flexibility index (Phi) is 1.36. The second-order valence-electron chi connectivity index (χ2n) is 2.07. The highest BCUT2D eigenvalue weighted by atomic mass is 32.1. The predicted octanol–water partition coefficient (Wildman–Crippen LogP) is 0.694. The lowest BCUT2D eigenvalue weighted by molar-refractivity contribution is 0.810. The van der Waals surface area contributed by atoms with E-state index in [-0.39, 0.29) is 0 Å². The van der Waals surface area contributed by atoms with E-state index in [1.54, 1.807) is 28.0 Å². The van der Waals surface area contributed by atoms with Crippen molar-refractivity contribution in [3.8, 4) is 0 Å². The average molecular weight is 166 g/mol. The molecule has 0 saturated carbocycles. The third-order valence-electron chi connectivity index (χ3n) is 1.37. The van der Waals surface area contributed by atoms with Crippen LogP contribution < -0.4 is 0 Å². The molecule has 0 fully saturated rings. The molecule has 0 radical (unpaired) electrons. The summed E-state index contributed by atoms with van der Waals surface area (Å²) < 4.78 is 3.49. The summed E-state index contributed by atoms with van der Waals surface area (Å²) >= 11 is 5.08. The third-order valence-corrected chi connectivity index (χ3v) is 1.78. The van der Waals surface area contributed by atoms with Crippen molar-refractivity contribution in [2.45, 2.75) is 0 Å². The van der Waals surface area contributed by atoms with Crippen molar-refractivity contribution >= 4 is 17.3 Å². The standard InChI is InChI=1S/C6H6N4S/c11-6(10-4-2-8-10)9-3-1-7-5-9/h1-5,8H. The molecule has 5 heteroatoms. The summed E-state index contributed by atoms with van der Waals surface area (Å²) in [4.78, 5) is 3.88. The van der Waals surface area contributed by atoms with Crippen molar-refractivity contribution in [3.63, 3.8) is 0 Å². The molecule has 0 aliphatic heterocycles. The maximum absolute atomic E-state index is 5.08. The molecule has 4 nitrogen and oxygen atoms in total. The van der Waals surface area contributed by atoms with Crippen LogP contribution in [0.25, 0.3) is 0 Å². The van der Waals surface area contributed by atoms with Crippen molar-refractivity contribution in [3.05, 3.63) is 31.1 Å². The molecule has 0 saturated heterocycles. The Bertz CT molecular complexity index is 333. The quantitative estimate of drug-likeness (QED) is 0.585. The third kappa shape index (κ3) is 0.988. The fourth-order valence-corrected chi connectivity index (χ4v) is 0.986. The highest BCUT2D eigenvalue weighted by molar-refractivity contribution is 7.80. The van der Waals surface area contributed by atoms with Gasteiger partial charge in [-0.3, -0.25) is 9.67 Å². The number of imidazole rings is 1. The second kappa shape index (κ2) is 2.35. The summed E-state index contributed by atoms with van der Waals surface area (Å²) in [7, 11) is 0. The molecule has 0 spiro atoms. The Labute approximate surface area is 68.4 Å². The second-order valence-corrected chi connectivity index (χ2v) is 2.43. The molecule has 1 N–H and O–H groups in total. The Morgan fingerprint density at radius 2 is 2.27 bits per heavy atom. The van der Waals surface area contributed by atoms with Crippen LogP contribution in [0.3, 0.4) is 0 Å². The van der Waals surface area contributed by atoms with Crippen molar-refractivity contribution in [2.24, 2.45) is 0 Å². The number of hydrogen-bond acceptors (Lipinski definition) is 2. The minimum Gasteiger partial charge on any atom is -0.298 e. The van der Waals surface area contributed by atoms with E-state index < -0.39 is 0 Å². The largest absolute Gasteiger partial charge is 0.298 e. The normalized spacial score (nSPS) is 10.2. The first kappa shape index (κ1) is 6.36. The lowest BCUT2D eigenvalue weighted by Gasteiger charge is -2.09. The van der Waals surface area contributed by atoms with Crippen LogP contribution in [-0.2, 0) is 0 Å². The van der Waals surface area contributed by atoms with Crippen molar-refractivity contribution in [2.75, 3.05) is 0 Å². The minimum absolute atomic E-state index is 0.671. The van der Waals surface area contributed by atoms with E-state index in [1.807, 2.05) is 12.4 Å². The summed E-state index contributed by atoms with van der Waals surface area (Å²) in [5.41, 5.74) is 0. The highest BCUT2D eigenvalue weighted by Crippen LogP contribution is 1.92. The van der Waals surface area contributed by atoms with Crippen LogP contribution in [0.15, 0.2) is 31.1 Å². The molecular formula is C6H6N4S. The number of H-pyrrole nitrogens is 1. The van der Waals surface area contributed by atoms with Gasteiger partial charge in [0.1, 0.15) is 6.33 Å². The molecule has 0 bridgehead atoms. The number of thiocarbonyl (C=S) groups is 1. The predicted molar refractivity (Wildman–Crippen MR) is 44.4 cm³/mol. The van der Waals surface area contributed by atoms with Crippen LogP contribution >= 0.6 is 12.2 Å². The Balaban J connectivity index is 2.29. The number of nitrogens with one attached hydrogen (secondary N) is 1. The van der Waals surface area contributed by atoms with Crippen molar-refractivity contribution in [1.29, 1.82) is 0 Å². The summed E-state index contributed by atoms with van der Waals surface area (Å²) in [5.74, 6) is 0. The smallest absolute Gasteiger partial charge is 0.204 e. The van der Waals surface area contributed by atoms with Crippen LogP contribution in [-0.4, -0.2) is 24.4 Å². The first-order valence-corrected chi connectivity index (χ1v) is 3.53. The molecule has 56 valence electrons. The van der Waals surface area contributed by atoms with Crippen molar-refractivity contribution in [1.82, 2.24) is 19.3 Å². The zero-order valence-electron chi connectivity index (χ0n) is 5.64. The summed E-state index contributed by atoms with van der Waals surface area (Å²) in [6.07, 6.45) is 8.81. The molecule has 2 aromatic rings. The van der Waals surface area contributed by atoms with Crippen LogP contribution in [0, 0.1) is 0 Å². The van der Waals surface area contributed by atoms with Gasteiger partial charge in [-0.25, -0.2) is 9.67 Å². The van der Waals surface area contributed by atoms with Gasteiger partial charge in [0.05, 0.1) is 0 Å². The zero-order valence-corrected chi connectivity index (χ0v) is 6.45. The van der Waals surface area contributed by atoms with Gasteiger partial charge in [-0.2, -0.15) is 0 Å². The van der Waals surface area contributed by atoms with E-state index in [0.717, 1.165) is 0 Å². The maximum atomic E-state index is 5.08. The van der Waals surface area contributed by atoms with E-state index in [2.05, 4.69) is 10.1 Å². The van der Waals surface area contributed by atoms with E-state index in [4.69, 9.17) is 12.2 Å². The van der Waals surface area contributed by atoms with Gasteiger partial charge in [0.25, 0.3) is 0 Å². The molecule has 2 aromatic heterocycles. The fraction of sp³-hybridized carbons (Fsp3) is 0. The average Bonchev–Trinajstić information content (AvgIpc) is 2.32. The Hall–Kier alpha value is -1.36. The SMILES string of the molecule is S=C(n1ccnc1)n1cc[nH]1. The Morgan fingerprint density at radius 3 is 2.73 bits per heavy atom. The van der Waals surface area contributed by atoms with Gasteiger partial charge in [0.15, 0.2) is 0 Å². The monoisotopic (exact) mass is 166 g/mol. The molecule has 0 aliphatic carbocycles. The molecule has 0 amide bonds. The fourth-order valence-electron chi connectivity index (χ4n) is 0.765. The van der Waals surface area contributed by atoms with Gasteiger partial charge >= 0.3 is 0 Å². The number of rotatable bonds is 0. The molecule has 2 heterocycles. The first-order chi connectivity index (χ1) is 5.38. The number of nitrogens with zero attached hydrogens (tertiary/aromatic N) is 3. The molecule has 2 rings (SSSR count). The van der Waals surface area contributed by atoms with E-state index >= 15 is 0 Å². The number of aromatic nitrogens is 4. The molecule has 11 heavy (non-hydrogen) atoms. The van der Waals surface area contributed by atoms with Gasteiger partial charge in [-0.1, -0.05) is 0 Å². The van der Waals surface area contributed by atoms with Gasteiger partial charge in [-0.15, -0.1) is 0 Å². The molecule has 0 unspecified atom stereocenters. The minimum atomic E-state index is 0.671. The first-order valence-electron chi connectivity index (χ1n) is 3.12. The van der Waals surface area contributed by atoms with E-state index in [1.165, 1.54) is 0 Å². The van der Waals surface area contributed by atoms with Crippen molar-refractivity contribution < 1.29 is 0 Å². The topological polar surface area (TPSA) is 38.5 Å². The number of hydrogen-bond donors (Lipinski definition) is 1. The lowest BCUT2D eigenvalue weighted by Crippen LogP contribution is -2.21. The molecule has 0 atom stereocenters. The van der Waals surface area contributed by atoms with Gasteiger partial charge in [-0.05, 0) is 12.2 Å². The summed E-state index contributed by atoms with van der Waals surface area (Å²) in [6.45, 7) is 0. The van der Waals surface area contributed by atoms with Gasteiger partial charge < -0.3 is 0 Å². The van der Waals surface area contributed by atoms with Gasteiger partial charge in [0.2, 0.25) is 5.11 Å². The van der Waals surface area contributed by atoms with Crippen LogP contribution in [0.5, 0.6) is 0 Å². The highest BCUT2D eigenvalue weighted by Gasteiger charge is 2.00. The van der Waals surface area contributed by atoms with Crippen LogP contribution in [0.4, 0.5) is 0 Å². The van der Waals surface area contributed by atoms with Crippen LogP contribution in [0.1, 0.15) is 0 Å². The lowest BCUT2D eigenvalue weighted by atomic mass is 10.8. The van der Waals surface area contributed by atoms with Gasteiger partial charge in [0, 0.05) is 24.8 Å². The Morgan fingerprint density at radius 1 is 1.45 bits per heavy atom. The maximum Gasteiger partial charge on any atom is 0.204 e. The summed E-state index contributed by atoms with van der Waals surface area (Å²) in [5, 5.41) is 3.57. The van der Waals surface area contributed by atoms with E-state index in [9.17, 15) is 0 Å². The van der Waals surface area contributed by atoms with Crippen LogP contribution in [0.2, 0.25) is 0 Å². The zero-order chi connectivity index (χ0) is 7.68. The molecular weight excluding hydrogens is 160 g/mol. The van der Waals surface area contributed by atoms with E-state index in [0.29, 0.717) is 5.11 Å². The number of aromatic amines is 1. The molecule has 0 aliphatic rings.